The first kappa shape index (κ1) is 17.9. The van der Waals surface area contributed by atoms with Crippen LogP contribution < -0.4 is 0 Å². The molecule has 0 radical (unpaired) electrons. The van der Waals surface area contributed by atoms with E-state index in [-0.39, 0.29) is 23.6 Å². The van der Waals surface area contributed by atoms with Gasteiger partial charge in [0.15, 0.2) is 5.82 Å². The Balaban J connectivity index is 1.72. The molecule has 2 aromatic heterocycles. The maximum atomic E-state index is 13.7. The average molecular weight is 384 g/mol. The van der Waals surface area contributed by atoms with Gasteiger partial charge in [0.2, 0.25) is 5.82 Å². The van der Waals surface area contributed by atoms with Gasteiger partial charge in [-0.1, -0.05) is 31.4 Å². The minimum atomic E-state index is -0.354. The largest absolute Gasteiger partial charge is 0.336 e. The zero-order valence-corrected chi connectivity index (χ0v) is 16.0. The van der Waals surface area contributed by atoms with Crippen molar-refractivity contribution in [3.63, 3.8) is 0 Å². The molecule has 140 valence electrons. The summed E-state index contributed by atoms with van der Waals surface area (Å²) < 4.78 is 15.3. The number of rotatable bonds is 4. The van der Waals surface area contributed by atoms with Gasteiger partial charge in [0, 0.05) is 13.1 Å². The highest BCUT2D eigenvalue weighted by Gasteiger charge is 2.27. The number of benzene rings is 1. The van der Waals surface area contributed by atoms with Gasteiger partial charge in [-0.15, -0.1) is 16.4 Å². The van der Waals surface area contributed by atoms with Crippen molar-refractivity contribution in [1.82, 2.24) is 19.7 Å². The Labute approximate surface area is 161 Å². The molecule has 0 unspecified atom stereocenters. The molecule has 0 saturated heterocycles. The molecule has 1 amide bonds. The van der Waals surface area contributed by atoms with Crippen LogP contribution >= 0.6 is 11.3 Å². The van der Waals surface area contributed by atoms with Crippen LogP contribution in [0.1, 0.15) is 42.7 Å². The highest BCUT2D eigenvalue weighted by Crippen LogP contribution is 2.27. The van der Waals surface area contributed by atoms with Gasteiger partial charge < -0.3 is 4.90 Å². The smallest absolute Gasteiger partial charge is 0.293 e. The second-order valence-electron chi connectivity index (χ2n) is 6.84. The summed E-state index contributed by atoms with van der Waals surface area (Å²) >= 11 is 1.51. The first-order valence-corrected chi connectivity index (χ1v) is 10.1. The normalized spacial score (nSPS) is 15.0. The fraction of sp³-hybridized carbons (Fsp3) is 0.350. The van der Waals surface area contributed by atoms with E-state index in [1.165, 1.54) is 29.9 Å². The zero-order chi connectivity index (χ0) is 18.8. The molecule has 3 aromatic rings. The number of hydrogen-bond donors (Lipinski definition) is 0. The first-order chi connectivity index (χ1) is 13.1. The van der Waals surface area contributed by atoms with Crippen LogP contribution in [0.5, 0.6) is 0 Å². The lowest BCUT2D eigenvalue weighted by molar-refractivity contribution is 0.0684. The number of amides is 1. The predicted octanol–water partition coefficient (Wildman–Crippen LogP) is 4.54. The lowest BCUT2D eigenvalue weighted by Gasteiger charge is -2.30. The number of thiophene rings is 1. The Kier molecular flexibility index (Phi) is 5.03. The summed E-state index contributed by atoms with van der Waals surface area (Å²) in [6.45, 7) is 0. The van der Waals surface area contributed by atoms with Gasteiger partial charge in [-0.25, -0.2) is 14.1 Å². The zero-order valence-electron chi connectivity index (χ0n) is 15.1. The van der Waals surface area contributed by atoms with E-state index in [1.54, 1.807) is 21.7 Å². The third kappa shape index (κ3) is 3.64. The first-order valence-electron chi connectivity index (χ1n) is 9.17. The van der Waals surface area contributed by atoms with E-state index in [2.05, 4.69) is 10.1 Å². The van der Waals surface area contributed by atoms with Crippen molar-refractivity contribution in [2.45, 2.75) is 38.1 Å². The molecule has 1 aromatic carbocycles. The summed E-state index contributed by atoms with van der Waals surface area (Å²) in [5.41, 5.74) is 0.547. The van der Waals surface area contributed by atoms with Crippen LogP contribution in [0.3, 0.4) is 0 Å². The molecule has 1 aliphatic carbocycles. The molecule has 1 fully saturated rings. The Morgan fingerprint density at radius 2 is 2.04 bits per heavy atom. The minimum Gasteiger partial charge on any atom is -0.336 e. The number of nitrogens with zero attached hydrogens (tertiary/aromatic N) is 4. The molecule has 27 heavy (non-hydrogen) atoms. The number of carbonyl (C=O) groups excluding carboxylic acids is 1. The van der Waals surface area contributed by atoms with E-state index in [0.29, 0.717) is 11.5 Å². The highest BCUT2D eigenvalue weighted by atomic mass is 32.1. The second kappa shape index (κ2) is 7.60. The molecule has 0 atom stereocenters. The van der Waals surface area contributed by atoms with Crippen LogP contribution in [-0.2, 0) is 0 Å². The highest BCUT2D eigenvalue weighted by molar-refractivity contribution is 7.13. The van der Waals surface area contributed by atoms with Crippen molar-refractivity contribution in [2.24, 2.45) is 0 Å². The monoisotopic (exact) mass is 384 g/mol. The molecule has 7 heteroatoms. The average Bonchev–Trinajstić information content (AvgIpc) is 3.37. The molecular formula is C20H21FN4OS. The number of carbonyl (C=O) groups is 1. The van der Waals surface area contributed by atoms with Gasteiger partial charge in [0.1, 0.15) is 5.82 Å². The Hall–Kier alpha value is -2.54. The van der Waals surface area contributed by atoms with Crippen LogP contribution in [0.4, 0.5) is 4.39 Å². The Bertz CT molecular complexity index is 931. The summed E-state index contributed by atoms with van der Waals surface area (Å²) in [5, 5.41) is 6.39. The van der Waals surface area contributed by atoms with E-state index >= 15 is 0 Å². The molecule has 5 nitrogen and oxygen atoms in total. The van der Waals surface area contributed by atoms with Crippen molar-refractivity contribution in [1.29, 1.82) is 0 Å². The quantitative estimate of drug-likeness (QED) is 0.664. The minimum absolute atomic E-state index is 0.149. The van der Waals surface area contributed by atoms with Crippen LogP contribution in [-0.4, -0.2) is 38.7 Å². The standard InChI is InChI=1S/C20H21FN4OS/c1-24(15-8-3-2-4-9-15)20(26)18-22-19(17-11-6-12-27-17)25(23-18)16-10-5-7-14(21)13-16/h5-7,10-13,15H,2-4,8-9H2,1H3. The lowest BCUT2D eigenvalue weighted by atomic mass is 9.94. The van der Waals surface area contributed by atoms with Gasteiger partial charge in [-0.2, -0.15) is 0 Å². The van der Waals surface area contributed by atoms with Crippen molar-refractivity contribution in [3.8, 4) is 16.4 Å². The Morgan fingerprint density at radius 3 is 2.74 bits per heavy atom. The SMILES string of the molecule is CN(C(=O)c1nc(-c2cccs2)n(-c2cccc(F)c2)n1)C1CCCCC1. The van der Waals surface area contributed by atoms with Crippen molar-refractivity contribution < 1.29 is 9.18 Å². The summed E-state index contributed by atoms with van der Waals surface area (Å²) in [5.74, 6) is 0.161. The maximum absolute atomic E-state index is 13.7. The van der Waals surface area contributed by atoms with Crippen molar-refractivity contribution in [2.75, 3.05) is 7.05 Å². The van der Waals surface area contributed by atoms with E-state index in [1.807, 2.05) is 24.6 Å². The molecule has 0 bridgehead atoms. The molecule has 0 N–H and O–H groups in total. The molecule has 1 aliphatic rings. The third-order valence-corrected chi connectivity index (χ3v) is 5.90. The molecule has 0 spiro atoms. The van der Waals surface area contributed by atoms with Gasteiger partial charge in [0.05, 0.1) is 10.6 Å². The van der Waals surface area contributed by atoms with Crippen LogP contribution in [0.2, 0.25) is 0 Å². The summed E-state index contributed by atoms with van der Waals surface area (Å²) in [6.07, 6.45) is 5.56. The van der Waals surface area contributed by atoms with Gasteiger partial charge >= 0.3 is 0 Å². The number of halogens is 1. The predicted molar refractivity (Wildman–Crippen MR) is 104 cm³/mol. The fourth-order valence-corrected chi connectivity index (χ4v) is 4.25. The summed E-state index contributed by atoms with van der Waals surface area (Å²) in [4.78, 5) is 20.2. The van der Waals surface area contributed by atoms with E-state index < -0.39 is 0 Å². The van der Waals surface area contributed by atoms with Crippen LogP contribution in [0, 0.1) is 5.82 Å². The van der Waals surface area contributed by atoms with E-state index in [0.717, 1.165) is 30.6 Å². The summed E-state index contributed by atoms with van der Waals surface area (Å²) in [6, 6.07) is 10.2. The van der Waals surface area contributed by atoms with Crippen molar-refractivity contribution >= 4 is 17.2 Å². The fourth-order valence-electron chi connectivity index (χ4n) is 3.55. The molecule has 2 heterocycles. The lowest BCUT2D eigenvalue weighted by Crippen LogP contribution is -2.38. The third-order valence-electron chi connectivity index (χ3n) is 5.04. The van der Waals surface area contributed by atoms with Crippen LogP contribution in [0.25, 0.3) is 16.4 Å². The van der Waals surface area contributed by atoms with Gasteiger partial charge in [-0.3, -0.25) is 4.79 Å². The Morgan fingerprint density at radius 1 is 1.22 bits per heavy atom. The number of aromatic nitrogens is 3. The molecule has 1 saturated carbocycles. The van der Waals surface area contributed by atoms with Crippen LogP contribution in [0.15, 0.2) is 41.8 Å². The van der Waals surface area contributed by atoms with Crippen molar-refractivity contribution in [3.05, 3.63) is 53.4 Å². The maximum Gasteiger partial charge on any atom is 0.293 e. The topological polar surface area (TPSA) is 51.0 Å². The molecule has 4 rings (SSSR count). The second-order valence-corrected chi connectivity index (χ2v) is 7.78. The van der Waals surface area contributed by atoms with E-state index in [4.69, 9.17) is 0 Å². The molecular weight excluding hydrogens is 363 g/mol. The number of hydrogen-bond acceptors (Lipinski definition) is 4. The molecule has 0 aliphatic heterocycles. The van der Waals surface area contributed by atoms with Gasteiger partial charge in [-0.05, 0) is 42.5 Å². The van der Waals surface area contributed by atoms with Gasteiger partial charge in [0.25, 0.3) is 5.91 Å². The summed E-state index contributed by atoms with van der Waals surface area (Å²) in [7, 11) is 1.83. The van der Waals surface area contributed by atoms with E-state index in [9.17, 15) is 9.18 Å².